The lowest BCUT2D eigenvalue weighted by molar-refractivity contribution is -0.141. The standard InChI is InChI=1S/C9H15F3N2O4/c1-5(15)6(7(16)17)14-8(18)13-4-2-3-9(10,11)12/h5-6,15H,2-4H2,1H3,(H,16,17)(H2,13,14,18)/t5-,6+/m1/s1. The maximum absolute atomic E-state index is 11.8. The molecule has 106 valence electrons. The van der Waals surface area contributed by atoms with Crippen LogP contribution in [0.1, 0.15) is 19.8 Å². The zero-order chi connectivity index (χ0) is 14.3. The fraction of sp³-hybridized carbons (Fsp3) is 0.778. The molecule has 0 bridgehead atoms. The first-order valence-corrected chi connectivity index (χ1v) is 5.15. The molecule has 9 heteroatoms. The first-order chi connectivity index (χ1) is 8.13. The third-order valence-electron chi connectivity index (χ3n) is 1.96. The third kappa shape index (κ3) is 7.71. The Bertz CT molecular complexity index is 294. The van der Waals surface area contributed by atoms with E-state index in [1.165, 1.54) is 6.92 Å². The van der Waals surface area contributed by atoms with E-state index >= 15 is 0 Å². The first-order valence-electron chi connectivity index (χ1n) is 5.15. The van der Waals surface area contributed by atoms with Crippen molar-refractivity contribution in [1.82, 2.24) is 10.6 Å². The van der Waals surface area contributed by atoms with Gasteiger partial charge < -0.3 is 20.8 Å². The number of carboxylic acids is 1. The van der Waals surface area contributed by atoms with E-state index in [-0.39, 0.29) is 13.0 Å². The molecular weight excluding hydrogens is 257 g/mol. The van der Waals surface area contributed by atoms with Crippen LogP contribution < -0.4 is 10.6 Å². The van der Waals surface area contributed by atoms with Gasteiger partial charge in [0.25, 0.3) is 0 Å². The number of amides is 2. The fourth-order valence-corrected chi connectivity index (χ4v) is 1.07. The summed E-state index contributed by atoms with van der Waals surface area (Å²) in [5.74, 6) is -1.43. The van der Waals surface area contributed by atoms with Crippen molar-refractivity contribution in [3.05, 3.63) is 0 Å². The Morgan fingerprint density at radius 2 is 1.89 bits per heavy atom. The van der Waals surface area contributed by atoms with Crippen molar-refractivity contribution in [2.24, 2.45) is 0 Å². The molecule has 0 saturated heterocycles. The largest absolute Gasteiger partial charge is 0.480 e. The molecule has 0 unspecified atom stereocenters. The Labute approximate surface area is 101 Å². The number of nitrogens with one attached hydrogen (secondary N) is 2. The lowest BCUT2D eigenvalue weighted by atomic mass is 10.2. The van der Waals surface area contributed by atoms with Crippen LogP contribution in [0.4, 0.5) is 18.0 Å². The van der Waals surface area contributed by atoms with E-state index < -0.39 is 36.7 Å². The van der Waals surface area contributed by atoms with Crippen LogP contribution in [0, 0.1) is 0 Å². The topological polar surface area (TPSA) is 98.7 Å². The second-order valence-corrected chi connectivity index (χ2v) is 3.68. The summed E-state index contributed by atoms with van der Waals surface area (Å²) < 4.78 is 35.3. The summed E-state index contributed by atoms with van der Waals surface area (Å²) in [6.07, 6.45) is -6.94. The van der Waals surface area contributed by atoms with E-state index in [9.17, 15) is 22.8 Å². The van der Waals surface area contributed by atoms with E-state index in [1.807, 2.05) is 5.32 Å². The highest BCUT2D eigenvalue weighted by Gasteiger charge is 2.27. The average Bonchev–Trinajstić information content (AvgIpc) is 2.18. The van der Waals surface area contributed by atoms with Crippen molar-refractivity contribution >= 4 is 12.0 Å². The monoisotopic (exact) mass is 272 g/mol. The van der Waals surface area contributed by atoms with E-state index in [4.69, 9.17) is 10.2 Å². The van der Waals surface area contributed by atoms with Gasteiger partial charge in [-0.15, -0.1) is 0 Å². The number of rotatable bonds is 6. The molecule has 4 N–H and O–H groups in total. The highest BCUT2D eigenvalue weighted by atomic mass is 19.4. The summed E-state index contributed by atoms with van der Waals surface area (Å²) >= 11 is 0. The van der Waals surface area contributed by atoms with Crippen molar-refractivity contribution in [1.29, 1.82) is 0 Å². The van der Waals surface area contributed by atoms with Crippen LogP contribution in [-0.2, 0) is 4.79 Å². The summed E-state index contributed by atoms with van der Waals surface area (Å²) in [5.41, 5.74) is 0. The van der Waals surface area contributed by atoms with Gasteiger partial charge in [0.15, 0.2) is 6.04 Å². The number of aliphatic carboxylic acids is 1. The number of carboxylic acid groups (broad SMARTS) is 1. The predicted molar refractivity (Wildman–Crippen MR) is 54.9 cm³/mol. The molecule has 0 heterocycles. The summed E-state index contributed by atoms with van der Waals surface area (Å²) in [6.45, 7) is 0.931. The normalized spacial score (nSPS) is 14.7. The van der Waals surface area contributed by atoms with Crippen LogP contribution in [0.3, 0.4) is 0 Å². The molecule has 0 fully saturated rings. The zero-order valence-electron chi connectivity index (χ0n) is 9.62. The van der Waals surface area contributed by atoms with Gasteiger partial charge in [0.2, 0.25) is 0 Å². The number of aliphatic hydroxyl groups excluding tert-OH is 1. The van der Waals surface area contributed by atoms with Gasteiger partial charge in [0, 0.05) is 13.0 Å². The summed E-state index contributed by atoms with van der Waals surface area (Å²) in [7, 11) is 0. The molecule has 0 aromatic heterocycles. The highest BCUT2D eigenvalue weighted by Crippen LogP contribution is 2.20. The van der Waals surface area contributed by atoms with Crippen LogP contribution in [0.2, 0.25) is 0 Å². The van der Waals surface area contributed by atoms with Crippen molar-refractivity contribution < 1.29 is 33.0 Å². The second kappa shape index (κ2) is 7.04. The molecule has 0 saturated carbocycles. The van der Waals surface area contributed by atoms with E-state index in [0.717, 1.165) is 0 Å². The van der Waals surface area contributed by atoms with Crippen LogP contribution in [0.25, 0.3) is 0 Å². The first kappa shape index (κ1) is 16.5. The Morgan fingerprint density at radius 3 is 2.28 bits per heavy atom. The van der Waals surface area contributed by atoms with Crippen LogP contribution in [0.5, 0.6) is 0 Å². The summed E-state index contributed by atoms with van der Waals surface area (Å²) in [4.78, 5) is 21.7. The maximum atomic E-state index is 11.8. The molecule has 0 aromatic rings. The number of aliphatic hydroxyl groups is 1. The van der Waals surface area contributed by atoms with Gasteiger partial charge in [0.1, 0.15) is 0 Å². The Morgan fingerprint density at radius 1 is 1.33 bits per heavy atom. The van der Waals surface area contributed by atoms with Gasteiger partial charge in [-0.3, -0.25) is 0 Å². The molecule has 18 heavy (non-hydrogen) atoms. The minimum Gasteiger partial charge on any atom is -0.480 e. The van der Waals surface area contributed by atoms with E-state index in [2.05, 4.69) is 5.32 Å². The predicted octanol–water partition coefficient (Wildman–Crippen LogP) is 0.462. The Hall–Kier alpha value is -1.51. The molecule has 0 rings (SSSR count). The van der Waals surface area contributed by atoms with Crippen molar-refractivity contribution in [3.63, 3.8) is 0 Å². The SMILES string of the molecule is C[C@@H](O)[C@H](NC(=O)NCCCC(F)(F)F)C(=O)O. The minimum absolute atomic E-state index is 0.239. The third-order valence-corrected chi connectivity index (χ3v) is 1.96. The molecule has 2 amide bonds. The molecule has 0 aliphatic rings. The highest BCUT2D eigenvalue weighted by molar-refractivity contribution is 5.82. The van der Waals surface area contributed by atoms with Crippen molar-refractivity contribution in [2.45, 2.75) is 38.1 Å². The molecule has 2 atom stereocenters. The quantitative estimate of drug-likeness (QED) is 0.528. The number of hydrogen-bond acceptors (Lipinski definition) is 3. The van der Waals surface area contributed by atoms with Gasteiger partial charge in [0.05, 0.1) is 6.10 Å². The van der Waals surface area contributed by atoms with E-state index in [0.29, 0.717) is 0 Å². The van der Waals surface area contributed by atoms with Gasteiger partial charge >= 0.3 is 18.2 Å². The summed E-state index contributed by atoms with van der Waals surface area (Å²) in [6, 6.07) is -2.45. The minimum atomic E-state index is -4.29. The Kier molecular flexibility index (Phi) is 6.45. The molecule has 6 nitrogen and oxygen atoms in total. The molecular formula is C9H15F3N2O4. The summed E-state index contributed by atoms with van der Waals surface area (Å²) in [5, 5.41) is 21.7. The zero-order valence-corrected chi connectivity index (χ0v) is 9.62. The molecule has 0 aliphatic heterocycles. The number of urea groups is 1. The van der Waals surface area contributed by atoms with Gasteiger partial charge in [-0.25, -0.2) is 9.59 Å². The van der Waals surface area contributed by atoms with Gasteiger partial charge in [-0.2, -0.15) is 13.2 Å². The smallest absolute Gasteiger partial charge is 0.389 e. The number of carbonyl (C=O) groups excluding carboxylic acids is 1. The number of halogens is 3. The number of alkyl halides is 3. The lowest BCUT2D eigenvalue weighted by Crippen LogP contribution is -2.51. The second-order valence-electron chi connectivity index (χ2n) is 3.68. The number of carbonyl (C=O) groups is 2. The molecule has 0 aromatic carbocycles. The Balaban J connectivity index is 3.93. The maximum Gasteiger partial charge on any atom is 0.389 e. The van der Waals surface area contributed by atoms with Gasteiger partial charge in [-0.1, -0.05) is 0 Å². The van der Waals surface area contributed by atoms with Crippen molar-refractivity contribution in [3.8, 4) is 0 Å². The molecule has 0 spiro atoms. The number of hydrogen-bond donors (Lipinski definition) is 4. The lowest BCUT2D eigenvalue weighted by Gasteiger charge is -2.17. The van der Waals surface area contributed by atoms with Crippen LogP contribution in [0.15, 0.2) is 0 Å². The van der Waals surface area contributed by atoms with Crippen molar-refractivity contribution in [2.75, 3.05) is 6.54 Å². The molecule has 0 radical (unpaired) electrons. The van der Waals surface area contributed by atoms with E-state index in [1.54, 1.807) is 0 Å². The fourth-order valence-electron chi connectivity index (χ4n) is 1.07. The average molecular weight is 272 g/mol. The van der Waals surface area contributed by atoms with Crippen LogP contribution in [-0.4, -0.2) is 47.1 Å². The van der Waals surface area contributed by atoms with Crippen LogP contribution >= 0.6 is 0 Å². The van der Waals surface area contributed by atoms with Gasteiger partial charge in [-0.05, 0) is 13.3 Å². The molecule has 0 aliphatic carbocycles.